The van der Waals surface area contributed by atoms with Gasteiger partial charge in [-0.25, -0.2) is 4.79 Å². The highest BCUT2D eigenvalue weighted by molar-refractivity contribution is 5.97. The average molecular weight is 303 g/mol. The third-order valence-corrected chi connectivity index (χ3v) is 4.47. The number of imidazole rings is 1. The van der Waals surface area contributed by atoms with Gasteiger partial charge in [0.25, 0.3) is 0 Å². The lowest BCUT2D eigenvalue weighted by Crippen LogP contribution is -2.41. The fraction of sp³-hybridized carbons (Fsp3) is 0.400. The number of nitrogens with one attached hydrogen (secondary N) is 1. The topological polar surface area (TPSA) is 93.3 Å². The van der Waals surface area contributed by atoms with E-state index in [4.69, 9.17) is 5.11 Å². The number of hydrogen-bond donors (Lipinski definition) is 2. The molecule has 0 saturated heterocycles. The van der Waals surface area contributed by atoms with E-state index in [1.807, 2.05) is 0 Å². The van der Waals surface area contributed by atoms with Gasteiger partial charge in [0.2, 0.25) is 5.91 Å². The van der Waals surface area contributed by atoms with E-state index in [1.54, 1.807) is 32.3 Å². The summed E-state index contributed by atoms with van der Waals surface area (Å²) in [6.07, 6.45) is 1.13. The van der Waals surface area contributed by atoms with Crippen LogP contribution in [0.1, 0.15) is 12.8 Å². The summed E-state index contributed by atoms with van der Waals surface area (Å²) in [7, 11) is 3.36. The Morgan fingerprint density at radius 1 is 1.14 bits per heavy atom. The molecule has 1 aromatic heterocycles. The molecule has 1 heterocycles. The zero-order chi connectivity index (χ0) is 16.0. The van der Waals surface area contributed by atoms with Crippen LogP contribution < -0.4 is 11.0 Å². The van der Waals surface area contributed by atoms with Gasteiger partial charge in [-0.15, -0.1) is 0 Å². The molecule has 2 aromatic rings. The SMILES string of the molecule is Cn1c(=O)n(C)c2cc(NC(=O)C3CCC3C(=O)O)ccc21. The first-order chi connectivity index (χ1) is 10.4. The van der Waals surface area contributed by atoms with Gasteiger partial charge in [-0.3, -0.25) is 18.7 Å². The summed E-state index contributed by atoms with van der Waals surface area (Å²) in [4.78, 5) is 35.0. The van der Waals surface area contributed by atoms with Crippen LogP contribution >= 0.6 is 0 Å². The van der Waals surface area contributed by atoms with Crippen LogP contribution in [0, 0.1) is 11.8 Å². The molecule has 7 nitrogen and oxygen atoms in total. The van der Waals surface area contributed by atoms with E-state index in [-0.39, 0.29) is 11.6 Å². The van der Waals surface area contributed by atoms with Crippen molar-refractivity contribution in [2.75, 3.05) is 5.32 Å². The van der Waals surface area contributed by atoms with Crippen LogP contribution in [0.5, 0.6) is 0 Å². The van der Waals surface area contributed by atoms with Crippen LogP contribution in [0.25, 0.3) is 11.0 Å². The number of carboxylic acid groups (broad SMARTS) is 1. The Bertz CT molecular complexity index is 833. The van der Waals surface area contributed by atoms with E-state index in [1.165, 1.54) is 9.13 Å². The fourth-order valence-electron chi connectivity index (χ4n) is 2.93. The monoisotopic (exact) mass is 303 g/mol. The second kappa shape index (κ2) is 5.01. The summed E-state index contributed by atoms with van der Waals surface area (Å²) < 4.78 is 3.04. The van der Waals surface area contributed by atoms with Gasteiger partial charge in [0.15, 0.2) is 0 Å². The number of carboxylic acids is 1. The van der Waals surface area contributed by atoms with Crippen molar-refractivity contribution in [2.45, 2.75) is 12.8 Å². The van der Waals surface area contributed by atoms with Gasteiger partial charge in [0.1, 0.15) is 0 Å². The van der Waals surface area contributed by atoms with Crippen LogP contribution in [0.15, 0.2) is 23.0 Å². The molecule has 1 aliphatic rings. The van der Waals surface area contributed by atoms with Crippen molar-refractivity contribution in [3.05, 3.63) is 28.7 Å². The molecule has 1 aromatic carbocycles. The van der Waals surface area contributed by atoms with Crippen molar-refractivity contribution in [2.24, 2.45) is 25.9 Å². The summed E-state index contributed by atoms with van der Waals surface area (Å²) in [5, 5.41) is 11.8. The number of aryl methyl sites for hydroxylation is 2. The summed E-state index contributed by atoms with van der Waals surface area (Å²) in [5.41, 5.74) is 1.92. The first kappa shape index (κ1) is 14.4. The summed E-state index contributed by atoms with van der Waals surface area (Å²) in [5.74, 6) is -2.27. The first-order valence-corrected chi connectivity index (χ1v) is 7.09. The molecule has 0 aliphatic heterocycles. The Hall–Kier alpha value is -2.57. The van der Waals surface area contributed by atoms with Crippen molar-refractivity contribution in [1.82, 2.24) is 9.13 Å². The van der Waals surface area contributed by atoms with E-state index in [9.17, 15) is 14.4 Å². The zero-order valence-electron chi connectivity index (χ0n) is 12.4. The molecule has 0 spiro atoms. The maximum Gasteiger partial charge on any atom is 0.328 e. The number of hydrogen-bond acceptors (Lipinski definition) is 3. The molecule has 2 unspecified atom stereocenters. The minimum Gasteiger partial charge on any atom is -0.481 e. The summed E-state index contributed by atoms with van der Waals surface area (Å²) in [6.45, 7) is 0. The van der Waals surface area contributed by atoms with Gasteiger partial charge in [0, 0.05) is 19.8 Å². The molecule has 1 aliphatic carbocycles. The third kappa shape index (κ3) is 2.09. The van der Waals surface area contributed by atoms with Gasteiger partial charge in [-0.1, -0.05) is 0 Å². The lowest BCUT2D eigenvalue weighted by molar-refractivity contribution is -0.151. The lowest BCUT2D eigenvalue weighted by Gasteiger charge is -2.31. The zero-order valence-corrected chi connectivity index (χ0v) is 12.4. The number of nitrogens with zero attached hydrogens (tertiary/aromatic N) is 2. The Kier molecular flexibility index (Phi) is 3.27. The number of carbonyl (C=O) groups is 2. The van der Waals surface area contributed by atoms with E-state index >= 15 is 0 Å². The fourth-order valence-corrected chi connectivity index (χ4v) is 2.93. The van der Waals surface area contributed by atoms with Crippen LogP contribution in [-0.4, -0.2) is 26.1 Å². The number of amides is 1. The molecule has 22 heavy (non-hydrogen) atoms. The molecule has 7 heteroatoms. The molecule has 1 fully saturated rings. The van der Waals surface area contributed by atoms with Gasteiger partial charge < -0.3 is 10.4 Å². The second-order valence-electron chi connectivity index (χ2n) is 5.72. The number of benzene rings is 1. The summed E-state index contributed by atoms with van der Waals surface area (Å²) in [6, 6.07) is 5.21. The van der Waals surface area contributed by atoms with Crippen molar-refractivity contribution >= 4 is 28.6 Å². The Morgan fingerprint density at radius 2 is 1.77 bits per heavy atom. The highest BCUT2D eigenvalue weighted by Crippen LogP contribution is 2.35. The van der Waals surface area contributed by atoms with E-state index in [2.05, 4.69) is 5.32 Å². The van der Waals surface area contributed by atoms with Crippen molar-refractivity contribution in [3.8, 4) is 0 Å². The molecule has 0 bridgehead atoms. The molecule has 1 amide bonds. The van der Waals surface area contributed by atoms with Gasteiger partial charge in [0.05, 0.1) is 22.9 Å². The van der Waals surface area contributed by atoms with Crippen LogP contribution in [0.3, 0.4) is 0 Å². The van der Waals surface area contributed by atoms with Crippen molar-refractivity contribution < 1.29 is 14.7 Å². The van der Waals surface area contributed by atoms with E-state index in [0.29, 0.717) is 24.0 Å². The smallest absolute Gasteiger partial charge is 0.328 e. The number of rotatable bonds is 3. The van der Waals surface area contributed by atoms with Crippen molar-refractivity contribution in [3.63, 3.8) is 0 Å². The second-order valence-corrected chi connectivity index (χ2v) is 5.72. The average Bonchev–Trinajstić information content (AvgIpc) is 2.62. The third-order valence-electron chi connectivity index (χ3n) is 4.47. The molecule has 3 rings (SSSR count). The quantitative estimate of drug-likeness (QED) is 0.882. The number of carbonyl (C=O) groups excluding carboxylic acids is 1. The molecular weight excluding hydrogens is 286 g/mol. The molecule has 2 N–H and O–H groups in total. The van der Waals surface area contributed by atoms with Gasteiger partial charge >= 0.3 is 11.7 Å². The number of aromatic nitrogens is 2. The molecule has 0 radical (unpaired) electrons. The molecular formula is C15H17N3O4. The molecule has 116 valence electrons. The largest absolute Gasteiger partial charge is 0.481 e. The van der Waals surface area contributed by atoms with Gasteiger partial charge in [-0.2, -0.15) is 0 Å². The number of fused-ring (bicyclic) bond motifs is 1. The number of anilines is 1. The van der Waals surface area contributed by atoms with E-state index in [0.717, 1.165) is 5.52 Å². The molecule has 2 atom stereocenters. The minimum atomic E-state index is -0.924. The van der Waals surface area contributed by atoms with Crippen LogP contribution in [-0.2, 0) is 23.7 Å². The Labute approximate surface area is 126 Å². The minimum absolute atomic E-state index is 0.136. The number of aliphatic carboxylic acids is 1. The van der Waals surface area contributed by atoms with Crippen LogP contribution in [0.4, 0.5) is 5.69 Å². The standard InChI is InChI=1S/C15H17N3O4/c1-17-11-6-3-8(7-12(11)18(2)15(17)22)16-13(19)9-4-5-10(9)14(20)21/h3,6-7,9-10H,4-5H2,1-2H3,(H,16,19)(H,20,21). The van der Waals surface area contributed by atoms with Crippen LogP contribution in [0.2, 0.25) is 0 Å². The Balaban J connectivity index is 1.86. The van der Waals surface area contributed by atoms with Gasteiger partial charge in [-0.05, 0) is 31.0 Å². The highest BCUT2D eigenvalue weighted by atomic mass is 16.4. The normalized spacial score (nSPS) is 20.6. The predicted molar refractivity (Wildman–Crippen MR) is 80.6 cm³/mol. The summed E-state index contributed by atoms with van der Waals surface area (Å²) >= 11 is 0. The first-order valence-electron chi connectivity index (χ1n) is 7.09. The van der Waals surface area contributed by atoms with Crippen molar-refractivity contribution in [1.29, 1.82) is 0 Å². The Morgan fingerprint density at radius 3 is 2.36 bits per heavy atom. The predicted octanol–water partition coefficient (Wildman–Crippen LogP) is 0.926. The maximum atomic E-state index is 12.2. The maximum absolute atomic E-state index is 12.2. The molecule has 1 saturated carbocycles. The highest BCUT2D eigenvalue weighted by Gasteiger charge is 2.41. The van der Waals surface area contributed by atoms with E-state index < -0.39 is 17.8 Å². The lowest BCUT2D eigenvalue weighted by atomic mass is 9.73.